The number of nitrogens with one attached hydrogen (secondary N) is 1. The summed E-state index contributed by atoms with van der Waals surface area (Å²) in [6.45, 7) is 4.16. The molecule has 1 amide bonds. The standard InChI is InChI=1S/C14H21ClN2O2.ClH/c1-9(2)6-12(17-14(18)8-16)11-7-10(15)4-5-13(11)19-3;/h4-5,7,9,12H,6,8,16H2,1-3H3,(H,17,18);1H. The molecule has 0 aliphatic carbocycles. The van der Waals surface area contributed by atoms with E-state index < -0.39 is 0 Å². The summed E-state index contributed by atoms with van der Waals surface area (Å²) in [4.78, 5) is 11.6. The maximum Gasteiger partial charge on any atom is 0.234 e. The van der Waals surface area contributed by atoms with Gasteiger partial charge in [0.1, 0.15) is 5.75 Å². The Morgan fingerprint density at radius 3 is 2.60 bits per heavy atom. The van der Waals surface area contributed by atoms with Crippen LogP contribution in [0.4, 0.5) is 0 Å². The first-order chi connectivity index (χ1) is 8.97. The van der Waals surface area contributed by atoms with Gasteiger partial charge in [0, 0.05) is 10.6 Å². The predicted octanol–water partition coefficient (Wildman–Crippen LogP) is 2.93. The smallest absolute Gasteiger partial charge is 0.234 e. The zero-order valence-electron chi connectivity index (χ0n) is 12.0. The number of hydrogen-bond donors (Lipinski definition) is 2. The van der Waals surface area contributed by atoms with Crippen molar-refractivity contribution in [1.82, 2.24) is 5.32 Å². The van der Waals surface area contributed by atoms with Crippen LogP contribution in [0.5, 0.6) is 5.75 Å². The van der Waals surface area contributed by atoms with Crippen LogP contribution in [0.2, 0.25) is 5.02 Å². The number of nitrogens with two attached hydrogens (primary N) is 1. The van der Waals surface area contributed by atoms with Gasteiger partial charge in [0.05, 0.1) is 19.7 Å². The lowest BCUT2D eigenvalue weighted by Crippen LogP contribution is -2.34. The molecule has 1 aromatic carbocycles. The van der Waals surface area contributed by atoms with E-state index in [2.05, 4.69) is 19.2 Å². The van der Waals surface area contributed by atoms with Crippen molar-refractivity contribution in [1.29, 1.82) is 0 Å². The number of amides is 1. The van der Waals surface area contributed by atoms with Gasteiger partial charge in [-0.3, -0.25) is 4.79 Å². The third-order valence-corrected chi connectivity index (χ3v) is 3.03. The average Bonchev–Trinajstić information content (AvgIpc) is 2.37. The third kappa shape index (κ3) is 5.57. The second-order valence-electron chi connectivity index (χ2n) is 4.84. The van der Waals surface area contributed by atoms with E-state index in [0.29, 0.717) is 16.7 Å². The number of benzene rings is 1. The molecular formula is C14H22Cl2N2O2. The van der Waals surface area contributed by atoms with E-state index in [-0.39, 0.29) is 30.9 Å². The fourth-order valence-electron chi connectivity index (χ4n) is 1.97. The second kappa shape index (κ2) is 9.06. The molecule has 1 aromatic rings. The Morgan fingerprint density at radius 1 is 1.45 bits per heavy atom. The van der Waals surface area contributed by atoms with Crippen LogP contribution in [0.3, 0.4) is 0 Å². The number of carbonyl (C=O) groups is 1. The van der Waals surface area contributed by atoms with Gasteiger partial charge >= 0.3 is 0 Å². The van der Waals surface area contributed by atoms with Crippen LogP contribution < -0.4 is 15.8 Å². The Morgan fingerprint density at radius 2 is 2.10 bits per heavy atom. The van der Waals surface area contributed by atoms with Crippen molar-refractivity contribution in [3.05, 3.63) is 28.8 Å². The van der Waals surface area contributed by atoms with Crippen molar-refractivity contribution in [2.24, 2.45) is 11.7 Å². The van der Waals surface area contributed by atoms with E-state index in [4.69, 9.17) is 22.1 Å². The highest BCUT2D eigenvalue weighted by molar-refractivity contribution is 6.30. The molecule has 1 atom stereocenters. The van der Waals surface area contributed by atoms with Gasteiger partial charge in [0.25, 0.3) is 0 Å². The van der Waals surface area contributed by atoms with E-state index in [9.17, 15) is 4.79 Å². The summed E-state index contributed by atoms with van der Waals surface area (Å²) >= 11 is 6.03. The molecule has 0 spiro atoms. The fourth-order valence-corrected chi connectivity index (χ4v) is 2.15. The molecule has 0 aliphatic heterocycles. The van der Waals surface area contributed by atoms with Crippen LogP contribution in [0.1, 0.15) is 31.9 Å². The van der Waals surface area contributed by atoms with Crippen LogP contribution in [0.25, 0.3) is 0 Å². The molecule has 0 bridgehead atoms. The Hall–Kier alpha value is -0.970. The molecule has 0 aromatic heterocycles. The van der Waals surface area contributed by atoms with Gasteiger partial charge in [-0.2, -0.15) is 0 Å². The van der Waals surface area contributed by atoms with Gasteiger partial charge < -0.3 is 15.8 Å². The summed E-state index contributed by atoms with van der Waals surface area (Å²) < 4.78 is 5.34. The molecule has 0 saturated heterocycles. The number of hydrogen-bond acceptors (Lipinski definition) is 3. The highest BCUT2D eigenvalue weighted by Gasteiger charge is 2.19. The lowest BCUT2D eigenvalue weighted by molar-refractivity contribution is -0.120. The monoisotopic (exact) mass is 320 g/mol. The number of methoxy groups -OCH3 is 1. The summed E-state index contributed by atoms with van der Waals surface area (Å²) in [7, 11) is 1.60. The van der Waals surface area contributed by atoms with Crippen LogP contribution in [0, 0.1) is 5.92 Å². The van der Waals surface area contributed by atoms with Crippen molar-refractivity contribution < 1.29 is 9.53 Å². The molecular weight excluding hydrogens is 299 g/mol. The molecule has 20 heavy (non-hydrogen) atoms. The van der Waals surface area contributed by atoms with Gasteiger partial charge in [-0.05, 0) is 30.5 Å². The predicted molar refractivity (Wildman–Crippen MR) is 84.6 cm³/mol. The summed E-state index contributed by atoms with van der Waals surface area (Å²) in [5.74, 6) is 0.951. The zero-order valence-corrected chi connectivity index (χ0v) is 13.6. The van der Waals surface area contributed by atoms with Crippen molar-refractivity contribution in [2.45, 2.75) is 26.3 Å². The van der Waals surface area contributed by atoms with E-state index in [1.807, 2.05) is 6.07 Å². The molecule has 0 fully saturated rings. The maximum absolute atomic E-state index is 11.6. The van der Waals surface area contributed by atoms with Crippen molar-refractivity contribution in [3.8, 4) is 5.75 Å². The Kier molecular flexibility index (Phi) is 8.62. The van der Waals surface area contributed by atoms with Gasteiger partial charge in [-0.15, -0.1) is 12.4 Å². The first-order valence-corrected chi connectivity index (χ1v) is 6.68. The molecule has 4 nitrogen and oxygen atoms in total. The molecule has 1 rings (SSSR count). The topological polar surface area (TPSA) is 64.3 Å². The average molecular weight is 321 g/mol. The van der Waals surface area contributed by atoms with Gasteiger partial charge in [-0.1, -0.05) is 25.4 Å². The van der Waals surface area contributed by atoms with Crippen LogP contribution in [0.15, 0.2) is 18.2 Å². The highest BCUT2D eigenvalue weighted by Crippen LogP contribution is 2.31. The molecule has 6 heteroatoms. The molecule has 0 radical (unpaired) electrons. The molecule has 114 valence electrons. The first-order valence-electron chi connectivity index (χ1n) is 6.30. The molecule has 1 unspecified atom stereocenters. The summed E-state index contributed by atoms with van der Waals surface area (Å²) in [5, 5.41) is 3.53. The largest absolute Gasteiger partial charge is 0.496 e. The minimum Gasteiger partial charge on any atom is -0.496 e. The van der Waals surface area contributed by atoms with E-state index >= 15 is 0 Å². The van der Waals surface area contributed by atoms with Crippen molar-refractivity contribution >= 4 is 29.9 Å². The minimum atomic E-state index is -0.187. The van der Waals surface area contributed by atoms with Gasteiger partial charge in [0.15, 0.2) is 0 Å². The van der Waals surface area contributed by atoms with Crippen molar-refractivity contribution in [2.75, 3.05) is 13.7 Å². The number of rotatable bonds is 6. The third-order valence-electron chi connectivity index (χ3n) is 2.79. The number of ether oxygens (including phenoxy) is 1. The Bertz CT molecular complexity index is 439. The van der Waals surface area contributed by atoms with Crippen LogP contribution >= 0.6 is 24.0 Å². The summed E-state index contributed by atoms with van der Waals surface area (Å²) in [6.07, 6.45) is 0.794. The van der Waals surface area contributed by atoms with Crippen LogP contribution in [-0.4, -0.2) is 19.6 Å². The van der Waals surface area contributed by atoms with Crippen LogP contribution in [-0.2, 0) is 4.79 Å². The Labute approximate surface area is 131 Å². The molecule has 0 aliphatic rings. The summed E-state index contributed by atoms with van der Waals surface area (Å²) in [5.41, 5.74) is 6.24. The molecule has 0 heterocycles. The second-order valence-corrected chi connectivity index (χ2v) is 5.28. The van der Waals surface area contributed by atoms with Crippen molar-refractivity contribution in [3.63, 3.8) is 0 Å². The molecule has 0 saturated carbocycles. The van der Waals surface area contributed by atoms with E-state index in [1.54, 1.807) is 19.2 Å². The zero-order chi connectivity index (χ0) is 14.4. The SMILES string of the molecule is COc1ccc(Cl)cc1C(CC(C)C)NC(=O)CN.Cl. The Balaban J connectivity index is 0.00000361. The van der Waals surface area contributed by atoms with Gasteiger partial charge in [0.2, 0.25) is 5.91 Å². The number of halogens is 2. The fraction of sp³-hybridized carbons (Fsp3) is 0.500. The highest BCUT2D eigenvalue weighted by atomic mass is 35.5. The maximum atomic E-state index is 11.6. The van der Waals surface area contributed by atoms with E-state index in [1.165, 1.54) is 0 Å². The number of carbonyl (C=O) groups excluding carboxylic acids is 1. The quantitative estimate of drug-likeness (QED) is 0.847. The minimum absolute atomic E-state index is 0. The molecule has 3 N–H and O–H groups in total. The first kappa shape index (κ1) is 19.0. The lowest BCUT2D eigenvalue weighted by Gasteiger charge is -2.23. The van der Waals surface area contributed by atoms with E-state index in [0.717, 1.165) is 12.0 Å². The summed E-state index contributed by atoms with van der Waals surface area (Å²) in [6, 6.07) is 5.25. The lowest BCUT2D eigenvalue weighted by atomic mass is 9.96. The van der Waals surface area contributed by atoms with Gasteiger partial charge in [-0.25, -0.2) is 0 Å². The normalized spacial score (nSPS) is 11.7.